The summed E-state index contributed by atoms with van der Waals surface area (Å²) in [4.78, 5) is 4.25. The molecule has 1 atom stereocenters. The Labute approximate surface area is 89.9 Å². The molecule has 1 aromatic heterocycles. The molecule has 4 heteroatoms. The van der Waals surface area contributed by atoms with Crippen molar-refractivity contribution in [2.75, 3.05) is 6.54 Å². The van der Waals surface area contributed by atoms with Crippen molar-refractivity contribution in [1.82, 2.24) is 14.9 Å². The minimum Gasteiger partial charge on any atom is -0.330 e. The molecule has 1 aromatic rings. The molecule has 2 aliphatic carbocycles. The third kappa shape index (κ3) is 1.92. The lowest BCUT2D eigenvalue weighted by Crippen LogP contribution is -2.31. The van der Waals surface area contributed by atoms with Gasteiger partial charge in [-0.3, -0.25) is 0 Å². The van der Waals surface area contributed by atoms with E-state index in [0.717, 1.165) is 0 Å². The van der Waals surface area contributed by atoms with Gasteiger partial charge in [0.25, 0.3) is 0 Å². The molecule has 15 heavy (non-hydrogen) atoms. The summed E-state index contributed by atoms with van der Waals surface area (Å²) in [6.07, 6.45) is 9.10. The molecule has 2 fully saturated rings. The maximum absolute atomic E-state index is 5.83. The van der Waals surface area contributed by atoms with Gasteiger partial charge in [0, 0.05) is 24.8 Å². The van der Waals surface area contributed by atoms with Crippen LogP contribution in [0.5, 0.6) is 0 Å². The summed E-state index contributed by atoms with van der Waals surface area (Å²) in [5.41, 5.74) is 7.10. The molecule has 3 rings (SSSR count). The molecule has 1 heterocycles. The molecular formula is C11H18N4. The van der Waals surface area contributed by atoms with Crippen molar-refractivity contribution in [1.29, 1.82) is 0 Å². The molecule has 2 aliphatic rings. The van der Waals surface area contributed by atoms with E-state index < -0.39 is 0 Å². The van der Waals surface area contributed by atoms with Crippen LogP contribution in [0.3, 0.4) is 0 Å². The zero-order valence-electron chi connectivity index (χ0n) is 8.89. The van der Waals surface area contributed by atoms with Gasteiger partial charge in [-0.15, -0.1) is 0 Å². The highest BCUT2D eigenvalue weighted by Gasteiger charge is 2.30. The number of nitrogens with two attached hydrogens (primary N) is 1. The SMILES string of the molecule is NCC(NC1CC1)c1cncn1C1CC1. The highest BCUT2D eigenvalue weighted by atomic mass is 15.1. The topological polar surface area (TPSA) is 55.9 Å². The van der Waals surface area contributed by atoms with E-state index in [9.17, 15) is 0 Å². The third-order valence-electron chi connectivity index (χ3n) is 3.24. The number of hydrogen-bond donors (Lipinski definition) is 2. The van der Waals surface area contributed by atoms with Crippen LogP contribution in [0.1, 0.15) is 43.5 Å². The predicted molar refractivity (Wildman–Crippen MR) is 58.5 cm³/mol. The van der Waals surface area contributed by atoms with Crippen molar-refractivity contribution in [2.45, 2.75) is 43.8 Å². The number of nitrogens with one attached hydrogen (secondary N) is 1. The number of rotatable bonds is 5. The average Bonchev–Trinajstić information content (AvgIpc) is 3.16. The van der Waals surface area contributed by atoms with Crippen molar-refractivity contribution >= 4 is 0 Å². The largest absolute Gasteiger partial charge is 0.330 e. The van der Waals surface area contributed by atoms with Gasteiger partial charge in [-0.1, -0.05) is 0 Å². The molecule has 0 amide bonds. The van der Waals surface area contributed by atoms with Crippen LogP contribution in [-0.4, -0.2) is 22.1 Å². The van der Waals surface area contributed by atoms with E-state index in [0.29, 0.717) is 24.7 Å². The Hall–Kier alpha value is -0.870. The second kappa shape index (κ2) is 3.61. The zero-order valence-corrected chi connectivity index (χ0v) is 8.89. The van der Waals surface area contributed by atoms with E-state index in [4.69, 9.17) is 5.73 Å². The lowest BCUT2D eigenvalue weighted by Gasteiger charge is -2.18. The van der Waals surface area contributed by atoms with E-state index in [-0.39, 0.29) is 0 Å². The molecular weight excluding hydrogens is 188 g/mol. The van der Waals surface area contributed by atoms with Crippen molar-refractivity contribution in [3.8, 4) is 0 Å². The van der Waals surface area contributed by atoms with Crippen molar-refractivity contribution < 1.29 is 0 Å². The molecule has 0 aromatic carbocycles. The second-order valence-electron chi connectivity index (χ2n) is 4.69. The minimum atomic E-state index is 0.292. The maximum Gasteiger partial charge on any atom is 0.0951 e. The van der Waals surface area contributed by atoms with Gasteiger partial charge in [0.05, 0.1) is 18.1 Å². The Morgan fingerprint density at radius 1 is 1.47 bits per heavy atom. The van der Waals surface area contributed by atoms with Crippen molar-refractivity contribution in [3.63, 3.8) is 0 Å². The molecule has 1 unspecified atom stereocenters. The smallest absolute Gasteiger partial charge is 0.0951 e. The fourth-order valence-electron chi connectivity index (χ4n) is 2.05. The van der Waals surface area contributed by atoms with Gasteiger partial charge >= 0.3 is 0 Å². The zero-order chi connectivity index (χ0) is 10.3. The third-order valence-corrected chi connectivity index (χ3v) is 3.24. The Kier molecular flexibility index (Phi) is 2.25. The highest BCUT2D eigenvalue weighted by molar-refractivity contribution is 5.10. The average molecular weight is 206 g/mol. The van der Waals surface area contributed by atoms with E-state index in [1.165, 1.54) is 31.4 Å². The molecule has 0 radical (unpaired) electrons. The first-order valence-corrected chi connectivity index (χ1v) is 5.86. The summed E-state index contributed by atoms with van der Waals surface area (Å²) in [5, 5.41) is 3.58. The fourth-order valence-corrected chi connectivity index (χ4v) is 2.05. The van der Waals surface area contributed by atoms with Crippen molar-refractivity contribution in [3.05, 3.63) is 18.2 Å². The summed E-state index contributed by atoms with van der Waals surface area (Å²) < 4.78 is 2.30. The number of imidazole rings is 1. The normalized spacial score (nSPS) is 23.0. The Morgan fingerprint density at radius 3 is 2.87 bits per heavy atom. The highest BCUT2D eigenvalue weighted by Crippen LogP contribution is 2.37. The Balaban J connectivity index is 1.77. The minimum absolute atomic E-state index is 0.292. The van der Waals surface area contributed by atoms with E-state index in [1.54, 1.807) is 0 Å². The molecule has 0 aliphatic heterocycles. The predicted octanol–water partition coefficient (Wildman–Crippen LogP) is 0.970. The monoisotopic (exact) mass is 206 g/mol. The number of nitrogens with zero attached hydrogens (tertiary/aromatic N) is 2. The summed E-state index contributed by atoms with van der Waals surface area (Å²) in [7, 11) is 0. The quantitative estimate of drug-likeness (QED) is 0.754. The molecule has 0 spiro atoms. The van der Waals surface area contributed by atoms with Crippen LogP contribution in [-0.2, 0) is 0 Å². The van der Waals surface area contributed by atoms with E-state index in [1.807, 2.05) is 12.5 Å². The summed E-state index contributed by atoms with van der Waals surface area (Å²) in [6.45, 7) is 0.662. The lowest BCUT2D eigenvalue weighted by atomic mass is 10.2. The van der Waals surface area contributed by atoms with Crippen molar-refractivity contribution in [2.24, 2.45) is 5.73 Å². The van der Waals surface area contributed by atoms with Crippen LogP contribution in [0.25, 0.3) is 0 Å². The molecule has 82 valence electrons. The Morgan fingerprint density at radius 2 is 2.27 bits per heavy atom. The van der Waals surface area contributed by atoms with Crippen LogP contribution in [0.4, 0.5) is 0 Å². The van der Waals surface area contributed by atoms with Gasteiger partial charge in [0.1, 0.15) is 0 Å². The number of hydrogen-bond acceptors (Lipinski definition) is 3. The maximum atomic E-state index is 5.83. The molecule has 0 bridgehead atoms. The van der Waals surface area contributed by atoms with Crippen LogP contribution < -0.4 is 11.1 Å². The standard InChI is InChI=1S/C11H18N4/c12-5-10(14-8-1-2-8)11-6-13-7-15(11)9-3-4-9/h6-10,14H,1-5,12H2. The first kappa shape index (κ1) is 9.36. The Bertz CT molecular complexity index is 338. The first-order valence-electron chi connectivity index (χ1n) is 5.86. The van der Waals surface area contributed by atoms with Crippen LogP contribution >= 0.6 is 0 Å². The summed E-state index contributed by atoms with van der Waals surface area (Å²) in [5.74, 6) is 0. The van der Waals surface area contributed by atoms with Gasteiger partial charge < -0.3 is 15.6 Å². The molecule has 3 N–H and O–H groups in total. The fraction of sp³-hybridized carbons (Fsp3) is 0.727. The molecule has 2 saturated carbocycles. The van der Waals surface area contributed by atoms with Crippen LogP contribution in [0.2, 0.25) is 0 Å². The van der Waals surface area contributed by atoms with Gasteiger partial charge in [0.15, 0.2) is 0 Å². The van der Waals surface area contributed by atoms with Gasteiger partial charge in [-0.05, 0) is 25.7 Å². The van der Waals surface area contributed by atoms with Gasteiger partial charge in [-0.25, -0.2) is 4.98 Å². The lowest BCUT2D eigenvalue weighted by molar-refractivity contribution is 0.500. The summed E-state index contributed by atoms with van der Waals surface area (Å²) in [6, 6.07) is 1.68. The molecule has 4 nitrogen and oxygen atoms in total. The van der Waals surface area contributed by atoms with E-state index in [2.05, 4.69) is 14.9 Å². The van der Waals surface area contributed by atoms with Crippen LogP contribution in [0.15, 0.2) is 12.5 Å². The van der Waals surface area contributed by atoms with Gasteiger partial charge in [-0.2, -0.15) is 0 Å². The van der Waals surface area contributed by atoms with Crippen LogP contribution in [0, 0.1) is 0 Å². The van der Waals surface area contributed by atoms with Gasteiger partial charge in [0.2, 0.25) is 0 Å². The summed E-state index contributed by atoms with van der Waals surface area (Å²) >= 11 is 0. The number of aromatic nitrogens is 2. The molecule has 0 saturated heterocycles. The first-order chi connectivity index (χ1) is 7.38. The van der Waals surface area contributed by atoms with E-state index >= 15 is 0 Å². The second-order valence-corrected chi connectivity index (χ2v) is 4.69.